The first-order valence-electron chi connectivity index (χ1n) is 14.2. The summed E-state index contributed by atoms with van der Waals surface area (Å²) in [5, 5.41) is 0. The molecule has 204 valence electrons. The van der Waals surface area contributed by atoms with E-state index in [9.17, 15) is 0 Å². The number of fused-ring (bicyclic) bond motifs is 2. The number of nitrogens with two attached hydrogens (primary N) is 1. The smallest absolute Gasteiger partial charge is 0.247 e. The monoisotopic (exact) mass is 537 g/mol. The van der Waals surface area contributed by atoms with Gasteiger partial charge in [0.15, 0.2) is 0 Å². The van der Waals surface area contributed by atoms with E-state index in [1.807, 2.05) is 30.5 Å². The Morgan fingerprint density at radius 3 is 2.17 bits per heavy atom. The van der Waals surface area contributed by atoms with Gasteiger partial charge in [0.25, 0.3) is 0 Å². The first kappa shape index (κ1) is 26.7. The van der Waals surface area contributed by atoms with Gasteiger partial charge in [-0.1, -0.05) is 85.4 Å². The average molecular weight is 538 g/mol. The van der Waals surface area contributed by atoms with Crippen molar-refractivity contribution in [2.45, 2.75) is 47.0 Å². The van der Waals surface area contributed by atoms with E-state index < -0.39 is 0 Å². The van der Waals surface area contributed by atoms with Gasteiger partial charge in [-0.15, -0.1) is 0 Å². The molecule has 1 aromatic heterocycles. The van der Waals surface area contributed by atoms with E-state index in [4.69, 9.17) is 15.5 Å². The van der Waals surface area contributed by atoms with Crippen LogP contribution in [0.15, 0.2) is 97.2 Å². The van der Waals surface area contributed by atoms with Gasteiger partial charge in [-0.05, 0) is 79.1 Å². The number of benzene rings is 4. The molecule has 2 N–H and O–H groups in total. The van der Waals surface area contributed by atoms with Gasteiger partial charge >= 0.3 is 0 Å². The summed E-state index contributed by atoms with van der Waals surface area (Å²) < 4.78 is 6.35. The van der Waals surface area contributed by atoms with Crippen LogP contribution >= 0.6 is 0 Å². The lowest BCUT2D eigenvalue weighted by Crippen LogP contribution is -2.58. The van der Waals surface area contributed by atoms with E-state index >= 15 is 0 Å². The van der Waals surface area contributed by atoms with Crippen molar-refractivity contribution in [2.24, 2.45) is 0 Å². The lowest BCUT2D eigenvalue weighted by Gasteiger charge is -2.37. The van der Waals surface area contributed by atoms with Gasteiger partial charge in [0.2, 0.25) is 6.71 Å². The van der Waals surface area contributed by atoms with Gasteiger partial charge in [-0.3, -0.25) is 4.90 Å². The highest BCUT2D eigenvalue weighted by Gasteiger charge is 2.37. The third-order valence-corrected chi connectivity index (χ3v) is 8.00. The van der Waals surface area contributed by atoms with E-state index in [2.05, 4.69) is 113 Å². The number of aromatic nitrogens is 1. The van der Waals surface area contributed by atoms with Crippen LogP contribution in [0.5, 0.6) is 11.5 Å². The van der Waals surface area contributed by atoms with Crippen molar-refractivity contribution in [3.05, 3.63) is 119 Å². The Bertz CT molecular complexity index is 1750. The van der Waals surface area contributed by atoms with Gasteiger partial charge in [-0.25, -0.2) is 4.98 Å². The summed E-state index contributed by atoms with van der Waals surface area (Å²) >= 11 is 0. The molecular formula is C36H36BN3O. The highest BCUT2D eigenvalue weighted by atomic mass is 16.5. The van der Waals surface area contributed by atoms with Crippen molar-refractivity contribution in [3.8, 4) is 11.5 Å². The molecule has 6 rings (SSSR count). The predicted octanol–water partition coefficient (Wildman–Crippen LogP) is 6.98. The fourth-order valence-electron chi connectivity index (χ4n) is 6.18. The Morgan fingerprint density at radius 1 is 0.732 bits per heavy atom. The van der Waals surface area contributed by atoms with Crippen molar-refractivity contribution >= 4 is 46.0 Å². The van der Waals surface area contributed by atoms with Crippen LogP contribution in [0.4, 0.5) is 22.9 Å². The van der Waals surface area contributed by atoms with Crippen LogP contribution in [0.2, 0.25) is 0 Å². The molecule has 0 fully saturated rings. The average Bonchev–Trinajstić information content (AvgIpc) is 2.92. The normalized spacial score (nSPS) is 12.6. The second kappa shape index (κ2) is 10.2. The van der Waals surface area contributed by atoms with Gasteiger partial charge in [0.05, 0.1) is 0 Å². The molecule has 41 heavy (non-hydrogen) atoms. The third-order valence-electron chi connectivity index (χ3n) is 8.00. The van der Waals surface area contributed by atoms with E-state index in [0.29, 0.717) is 11.4 Å². The molecule has 0 radical (unpaired) electrons. The standard InChI is InChI=1S/C36H36BN3O/c1-23-18-24(2)35(25(3)19-23)37-30-12-7-8-13-32(30)40(34-20-26(16-17-39-34)36(4,5)6)33-22-29(14-15-31(33)37)41-28-11-9-10-27(38)21-28/h7-22H,38H2,1-6H3. The second-order valence-corrected chi connectivity index (χ2v) is 12.2. The molecule has 5 aromatic rings. The van der Waals surface area contributed by atoms with Gasteiger partial charge < -0.3 is 10.5 Å². The van der Waals surface area contributed by atoms with Crippen LogP contribution in [-0.2, 0) is 5.41 Å². The summed E-state index contributed by atoms with van der Waals surface area (Å²) in [5.41, 5.74) is 17.9. The van der Waals surface area contributed by atoms with Gasteiger partial charge in [0, 0.05) is 35.4 Å². The Labute approximate surface area is 243 Å². The first-order valence-corrected chi connectivity index (χ1v) is 14.2. The Kier molecular flexibility index (Phi) is 6.61. The Balaban J connectivity index is 1.60. The minimum atomic E-state index is -0.00726. The summed E-state index contributed by atoms with van der Waals surface area (Å²) in [6.45, 7) is 13.4. The van der Waals surface area contributed by atoms with E-state index in [1.54, 1.807) is 0 Å². The number of nitrogens with zero attached hydrogens (tertiary/aromatic N) is 2. The molecule has 2 heterocycles. The number of hydrogen-bond donors (Lipinski definition) is 1. The van der Waals surface area contributed by atoms with Gasteiger partial charge in [-0.2, -0.15) is 0 Å². The first-order chi connectivity index (χ1) is 19.6. The zero-order valence-electron chi connectivity index (χ0n) is 24.7. The Morgan fingerprint density at radius 2 is 1.44 bits per heavy atom. The predicted molar refractivity (Wildman–Crippen MR) is 174 cm³/mol. The number of anilines is 4. The molecule has 0 bridgehead atoms. The van der Waals surface area contributed by atoms with E-state index in [0.717, 1.165) is 22.9 Å². The molecule has 1 aliphatic heterocycles. The second-order valence-electron chi connectivity index (χ2n) is 12.2. The van der Waals surface area contributed by atoms with Crippen LogP contribution in [0.3, 0.4) is 0 Å². The molecule has 0 amide bonds. The number of aryl methyl sites for hydroxylation is 3. The minimum absolute atomic E-state index is 0.00726. The molecule has 0 saturated heterocycles. The number of ether oxygens (including phenoxy) is 1. The maximum atomic E-state index is 6.35. The van der Waals surface area contributed by atoms with Crippen LogP contribution in [0.25, 0.3) is 0 Å². The van der Waals surface area contributed by atoms with Gasteiger partial charge in [0.1, 0.15) is 17.3 Å². The highest BCUT2D eigenvalue weighted by molar-refractivity contribution is 6.98. The molecule has 0 spiro atoms. The summed E-state index contributed by atoms with van der Waals surface area (Å²) in [5.74, 6) is 2.35. The zero-order valence-corrected chi connectivity index (χ0v) is 24.7. The maximum Gasteiger partial charge on any atom is 0.247 e. The number of pyridine rings is 1. The lowest BCUT2D eigenvalue weighted by atomic mass is 9.34. The van der Waals surface area contributed by atoms with Crippen molar-refractivity contribution in [2.75, 3.05) is 10.6 Å². The van der Waals surface area contributed by atoms with Crippen LogP contribution in [0, 0.1) is 20.8 Å². The van der Waals surface area contributed by atoms with Crippen LogP contribution in [0.1, 0.15) is 43.0 Å². The summed E-state index contributed by atoms with van der Waals surface area (Å²) in [7, 11) is 0. The molecule has 4 aromatic carbocycles. The van der Waals surface area contributed by atoms with Crippen molar-refractivity contribution in [1.82, 2.24) is 4.98 Å². The SMILES string of the molecule is Cc1cc(C)c(B2c3ccccc3N(c3cc(C(C)(C)C)ccn3)c3cc(Oc4cccc(N)c4)ccc32)c(C)c1. The fourth-order valence-corrected chi connectivity index (χ4v) is 6.18. The fraction of sp³-hybridized carbons (Fsp3) is 0.194. The molecule has 5 heteroatoms. The quantitative estimate of drug-likeness (QED) is 0.195. The number of nitrogen functional groups attached to an aromatic ring is 1. The molecule has 0 saturated carbocycles. The Hall–Kier alpha value is -4.51. The maximum absolute atomic E-state index is 6.35. The lowest BCUT2D eigenvalue weighted by molar-refractivity contribution is 0.483. The van der Waals surface area contributed by atoms with E-state index in [1.165, 1.54) is 38.6 Å². The van der Waals surface area contributed by atoms with Crippen molar-refractivity contribution in [3.63, 3.8) is 0 Å². The molecule has 0 aliphatic carbocycles. The number of hydrogen-bond acceptors (Lipinski definition) is 4. The molecule has 0 atom stereocenters. The molecule has 0 unspecified atom stereocenters. The zero-order chi connectivity index (χ0) is 28.9. The molecule has 1 aliphatic rings. The van der Waals surface area contributed by atoms with Crippen molar-refractivity contribution < 1.29 is 4.74 Å². The number of para-hydroxylation sites is 1. The largest absolute Gasteiger partial charge is 0.457 e. The topological polar surface area (TPSA) is 51.4 Å². The van der Waals surface area contributed by atoms with Crippen molar-refractivity contribution in [1.29, 1.82) is 0 Å². The number of rotatable bonds is 4. The summed E-state index contributed by atoms with van der Waals surface area (Å²) in [4.78, 5) is 7.21. The highest BCUT2D eigenvalue weighted by Crippen LogP contribution is 2.39. The molecular weight excluding hydrogens is 501 g/mol. The minimum Gasteiger partial charge on any atom is -0.457 e. The summed E-state index contributed by atoms with van der Waals surface area (Å²) in [6.07, 6.45) is 1.92. The summed E-state index contributed by atoms with van der Waals surface area (Å²) in [6, 6.07) is 31.6. The van der Waals surface area contributed by atoms with Crippen LogP contribution in [-0.4, -0.2) is 11.7 Å². The van der Waals surface area contributed by atoms with E-state index in [-0.39, 0.29) is 12.1 Å². The van der Waals surface area contributed by atoms with Crippen LogP contribution < -0.4 is 31.8 Å². The molecule has 4 nitrogen and oxygen atoms in total. The third kappa shape index (κ3) is 4.97.